The van der Waals surface area contributed by atoms with Crippen molar-refractivity contribution in [1.82, 2.24) is 9.80 Å². The molecule has 1 N–H and O–H groups in total. The lowest BCUT2D eigenvalue weighted by atomic mass is 10.1. The molecule has 0 unspecified atom stereocenters. The van der Waals surface area contributed by atoms with Crippen LogP contribution in [0, 0.1) is 0 Å². The van der Waals surface area contributed by atoms with Crippen molar-refractivity contribution in [3.05, 3.63) is 0 Å². The molecular weight excluding hydrogens is 264 g/mol. The Kier molecular flexibility index (Phi) is 4.46. The molecule has 2 amide bonds. The third kappa shape index (κ3) is 2.86. The Balaban J connectivity index is 2.17. The van der Waals surface area contributed by atoms with E-state index in [1.807, 2.05) is 0 Å². The third-order valence-electron chi connectivity index (χ3n) is 4.05. The van der Waals surface area contributed by atoms with Gasteiger partial charge in [0.2, 0.25) is 5.91 Å². The molecular formula is C13H20N2O5. The van der Waals surface area contributed by atoms with E-state index in [1.54, 1.807) is 0 Å². The van der Waals surface area contributed by atoms with Crippen LogP contribution in [0.15, 0.2) is 0 Å². The summed E-state index contributed by atoms with van der Waals surface area (Å²) < 4.78 is 4.66. The summed E-state index contributed by atoms with van der Waals surface area (Å²) in [6.07, 6.45) is 3.14. The van der Waals surface area contributed by atoms with Gasteiger partial charge in [0, 0.05) is 12.6 Å². The fraction of sp³-hybridized carbons (Fsp3) is 0.769. The van der Waals surface area contributed by atoms with E-state index in [2.05, 4.69) is 4.74 Å². The van der Waals surface area contributed by atoms with Crippen molar-refractivity contribution in [3.8, 4) is 0 Å². The first-order valence-corrected chi connectivity index (χ1v) is 6.91. The van der Waals surface area contributed by atoms with Crippen LogP contribution in [-0.4, -0.2) is 65.2 Å². The van der Waals surface area contributed by atoms with Gasteiger partial charge in [0.05, 0.1) is 7.11 Å². The van der Waals surface area contributed by atoms with Gasteiger partial charge >= 0.3 is 12.1 Å². The van der Waals surface area contributed by atoms with Gasteiger partial charge in [-0.05, 0) is 32.1 Å². The van der Waals surface area contributed by atoms with Gasteiger partial charge in [-0.25, -0.2) is 9.59 Å². The summed E-state index contributed by atoms with van der Waals surface area (Å²) in [5.41, 5.74) is 0. The fourth-order valence-corrected chi connectivity index (χ4v) is 3.08. The maximum atomic E-state index is 12.4. The zero-order valence-electron chi connectivity index (χ0n) is 11.6. The highest BCUT2D eigenvalue weighted by atomic mass is 16.5. The standard InChI is InChI=1S/C13H20N2O5/c1-20-13(19)14-7-3-2-4-9-5-6-10(12(17)18)15(9)11(16)8-14/h9-10H,2-8H2,1H3,(H,17,18)/t9-,10-/m0/s1. The highest BCUT2D eigenvalue weighted by Crippen LogP contribution is 2.29. The van der Waals surface area contributed by atoms with E-state index in [4.69, 9.17) is 0 Å². The van der Waals surface area contributed by atoms with Crippen LogP contribution in [0.1, 0.15) is 32.1 Å². The summed E-state index contributed by atoms with van der Waals surface area (Å²) in [6, 6.07) is -0.772. The van der Waals surface area contributed by atoms with Crippen molar-refractivity contribution in [3.63, 3.8) is 0 Å². The topological polar surface area (TPSA) is 87.2 Å². The van der Waals surface area contributed by atoms with Crippen LogP contribution in [0.5, 0.6) is 0 Å². The van der Waals surface area contributed by atoms with Gasteiger partial charge < -0.3 is 14.7 Å². The number of hydrogen-bond donors (Lipinski definition) is 1. The molecule has 0 radical (unpaired) electrons. The van der Waals surface area contributed by atoms with Gasteiger partial charge in [-0.2, -0.15) is 0 Å². The second-order valence-corrected chi connectivity index (χ2v) is 5.27. The molecule has 2 heterocycles. The monoisotopic (exact) mass is 284 g/mol. The van der Waals surface area contributed by atoms with Crippen LogP contribution >= 0.6 is 0 Å². The number of hydrogen-bond acceptors (Lipinski definition) is 4. The average molecular weight is 284 g/mol. The highest BCUT2D eigenvalue weighted by molar-refractivity contribution is 5.87. The largest absolute Gasteiger partial charge is 0.480 e. The SMILES string of the molecule is COC(=O)N1CCCC[C@H]2CC[C@@H](C(=O)O)N2C(=O)C1. The van der Waals surface area contributed by atoms with Crippen LogP contribution in [0.4, 0.5) is 4.79 Å². The molecule has 2 fully saturated rings. The highest BCUT2D eigenvalue weighted by Gasteiger charge is 2.41. The molecule has 20 heavy (non-hydrogen) atoms. The summed E-state index contributed by atoms with van der Waals surface area (Å²) >= 11 is 0. The van der Waals surface area contributed by atoms with Gasteiger partial charge in [-0.15, -0.1) is 0 Å². The van der Waals surface area contributed by atoms with Crippen molar-refractivity contribution in [1.29, 1.82) is 0 Å². The molecule has 0 aromatic carbocycles. The number of ether oxygens (including phenoxy) is 1. The van der Waals surface area contributed by atoms with Gasteiger partial charge in [-0.1, -0.05) is 0 Å². The Morgan fingerprint density at radius 2 is 2.00 bits per heavy atom. The number of aliphatic carboxylic acids is 1. The van der Waals surface area contributed by atoms with Crippen molar-refractivity contribution in [2.45, 2.75) is 44.2 Å². The van der Waals surface area contributed by atoms with Crippen molar-refractivity contribution in [2.24, 2.45) is 0 Å². The van der Waals surface area contributed by atoms with E-state index in [0.717, 1.165) is 25.7 Å². The van der Waals surface area contributed by atoms with Crippen LogP contribution in [0.2, 0.25) is 0 Å². The number of carbonyl (C=O) groups excluding carboxylic acids is 2. The number of amides is 2. The predicted octanol–water partition coefficient (Wildman–Crippen LogP) is 0.683. The number of fused-ring (bicyclic) bond motifs is 1. The number of rotatable bonds is 1. The van der Waals surface area contributed by atoms with Gasteiger partial charge in [0.25, 0.3) is 0 Å². The van der Waals surface area contributed by atoms with Gasteiger partial charge in [0.15, 0.2) is 0 Å². The van der Waals surface area contributed by atoms with E-state index >= 15 is 0 Å². The Hall–Kier alpha value is -1.79. The smallest absolute Gasteiger partial charge is 0.409 e. The van der Waals surface area contributed by atoms with E-state index in [-0.39, 0.29) is 18.5 Å². The van der Waals surface area contributed by atoms with Gasteiger partial charge in [-0.3, -0.25) is 9.69 Å². The molecule has 2 atom stereocenters. The molecule has 2 saturated heterocycles. The first kappa shape index (κ1) is 14.6. The average Bonchev–Trinajstić information content (AvgIpc) is 2.86. The van der Waals surface area contributed by atoms with Crippen LogP contribution in [-0.2, 0) is 14.3 Å². The number of methoxy groups -OCH3 is 1. The molecule has 2 aliphatic rings. The van der Waals surface area contributed by atoms with Crippen LogP contribution in [0.25, 0.3) is 0 Å². The van der Waals surface area contributed by atoms with Crippen molar-refractivity contribution >= 4 is 18.0 Å². The molecule has 0 spiro atoms. The Labute approximate surface area is 117 Å². The fourth-order valence-electron chi connectivity index (χ4n) is 3.08. The Morgan fingerprint density at radius 3 is 2.65 bits per heavy atom. The maximum absolute atomic E-state index is 12.4. The molecule has 0 bridgehead atoms. The van der Waals surface area contributed by atoms with E-state index in [9.17, 15) is 19.5 Å². The number of carbonyl (C=O) groups is 3. The summed E-state index contributed by atoms with van der Waals surface area (Å²) in [7, 11) is 1.28. The summed E-state index contributed by atoms with van der Waals surface area (Å²) in [6.45, 7) is 0.365. The van der Waals surface area contributed by atoms with Crippen LogP contribution in [0.3, 0.4) is 0 Å². The molecule has 2 rings (SSSR count). The Morgan fingerprint density at radius 1 is 1.25 bits per heavy atom. The predicted molar refractivity (Wildman–Crippen MR) is 69.1 cm³/mol. The van der Waals surface area contributed by atoms with E-state index in [0.29, 0.717) is 13.0 Å². The quantitative estimate of drug-likeness (QED) is 0.765. The summed E-state index contributed by atoms with van der Waals surface area (Å²) in [5.74, 6) is -1.27. The minimum Gasteiger partial charge on any atom is -0.480 e. The zero-order chi connectivity index (χ0) is 14.7. The maximum Gasteiger partial charge on any atom is 0.409 e. The molecule has 7 nitrogen and oxygen atoms in total. The lowest BCUT2D eigenvalue weighted by Gasteiger charge is -2.29. The molecule has 0 aromatic rings. The Bertz CT molecular complexity index is 412. The minimum absolute atomic E-state index is 0.0128. The van der Waals surface area contributed by atoms with Crippen molar-refractivity contribution < 1.29 is 24.2 Å². The zero-order valence-corrected chi connectivity index (χ0v) is 11.6. The first-order valence-electron chi connectivity index (χ1n) is 6.91. The normalized spacial score (nSPS) is 27.4. The number of carboxylic acid groups (broad SMARTS) is 1. The molecule has 2 aliphatic heterocycles. The van der Waals surface area contributed by atoms with Crippen molar-refractivity contribution in [2.75, 3.05) is 20.2 Å². The molecule has 112 valence electrons. The number of carboxylic acids is 1. The van der Waals surface area contributed by atoms with Gasteiger partial charge in [0.1, 0.15) is 12.6 Å². The molecule has 7 heteroatoms. The lowest BCUT2D eigenvalue weighted by Crippen LogP contribution is -2.49. The minimum atomic E-state index is -0.968. The van der Waals surface area contributed by atoms with E-state index in [1.165, 1.54) is 16.9 Å². The molecule has 0 aromatic heterocycles. The van der Waals surface area contributed by atoms with Crippen LogP contribution < -0.4 is 0 Å². The number of nitrogens with zero attached hydrogens (tertiary/aromatic N) is 2. The lowest BCUT2D eigenvalue weighted by molar-refractivity contribution is -0.149. The van der Waals surface area contributed by atoms with E-state index < -0.39 is 18.1 Å². The third-order valence-corrected chi connectivity index (χ3v) is 4.05. The molecule has 0 saturated carbocycles. The second-order valence-electron chi connectivity index (χ2n) is 5.27. The summed E-state index contributed by atoms with van der Waals surface area (Å²) in [5, 5.41) is 9.22. The summed E-state index contributed by atoms with van der Waals surface area (Å²) in [4.78, 5) is 38.0. The second kappa shape index (κ2) is 6.11. The first-order chi connectivity index (χ1) is 9.54. The molecule has 0 aliphatic carbocycles.